The molecule has 3 rings (SSSR count). The fourth-order valence-corrected chi connectivity index (χ4v) is 3.27. The van der Waals surface area contributed by atoms with Crippen molar-refractivity contribution in [2.24, 2.45) is 5.92 Å². The molecule has 0 aromatic carbocycles. The molecule has 2 aliphatic carbocycles. The first-order chi connectivity index (χ1) is 8.58. The van der Waals surface area contributed by atoms with Crippen LogP contribution in [0.4, 0.5) is 0 Å². The van der Waals surface area contributed by atoms with E-state index in [-0.39, 0.29) is 23.2 Å². The molecule has 0 radical (unpaired) electrons. The summed E-state index contributed by atoms with van der Waals surface area (Å²) >= 11 is 0. The Bertz CT molecular complexity index is 542. The zero-order valence-corrected chi connectivity index (χ0v) is 10.3. The molecule has 3 aliphatic rings. The molecule has 0 saturated carbocycles. The van der Waals surface area contributed by atoms with E-state index in [0.29, 0.717) is 11.5 Å². The van der Waals surface area contributed by atoms with Gasteiger partial charge in [-0.3, -0.25) is 10.1 Å². The van der Waals surface area contributed by atoms with Crippen LogP contribution in [0, 0.1) is 20.9 Å². The average molecular weight is 247 g/mol. The van der Waals surface area contributed by atoms with Gasteiger partial charge in [-0.25, -0.2) is 0 Å². The molecular weight excluding hydrogens is 232 g/mol. The van der Waals surface area contributed by atoms with Crippen molar-refractivity contribution in [3.63, 3.8) is 0 Å². The average Bonchev–Trinajstić information content (AvgIpc) is 2.63. The highest BCUT2D eigenvalue weighted by atomic mass is 16.6. The van der Waals surface area contributed by atoms with Crippen LogP contribution in [0.5, 0.6) is 0 Å². The third kappa shape index (κ3) is 1.54. The van der Waals surface area contributed by atoms with E-state index < -0.39 is 0 Å². The van der Waals surface area contributed by atoms with Crippen molar-refractivity contribution in [3.05, 3.63) is 49.6 Å². The van der Waals surface area contributed by atoms with Crippen molar-refractivity contribution in [1.29, 1.82) is 0 Å². The van der Waals surface area contributed by atoms with E-state index in [9.17, 15) is 15.0 Å². The summed E-state index contributed by atoms with van der Waals surface area (Å²) in [6.45, 7) is 2.06. The van der Waals surface area contributed by atoms with Gasteiger partial charge in [0.15, 0.2) is 6.04 Å². The highest BCUT2D eigenvalue weighted by molar-refractivity contribution is 5.58. The van der Waals surface area contributed by atoms with Crippen LogP contribution in [0.1, 0.15) is 26.2 Å². The third-order valence-electron chi connectivity index (χ3n) is 4.15. The summed E-state index contributed by atoms with van der Waals surface area (Å²) in [6, 6.07) is -0.0621. The van der Waals surface area contributed by atoms with Crippen molar-refractivity contribution in [2.45, 2.75) is 32.2 Å². The zero-order chi connectivity index (χ0) is 12.9. The van der Waals surface area contributed by atoms with Gasteiger partial charge in [0, 0.05) is 29.1 Å². The number of nitro groups is 1. The van der Waals surface area contributed by atoms with Crippen molar-refractivity contribution in [3.8, 4) is 0 Å². The number of hydrogen-bond donors (Lipinski definition) is 0. The molecule has 5 heteroatoms. The standard InChI is InChI=1S/C13H15N2O3/c1-8-5-9-3-2-4-10-6-12(15(17)18)11(13(9)10)7-14(8)16/h4,6,8-9H,2-3,5,7H2,1H3/q+1. The normalized spacial score (nSPS) is 30.6. The first kappa shape index (κ1) is 11.3. The molecule has 0 aromatic rings. The molecule has 0 fully saturated rings. The predicted molar refractivity (Wildman–Crippen MR) is 65.5 cm³/mol. The molecular formula is C13H15N2O3+. The van der Waals surface area contributed by atoms with Crippen LogP contribution in [0.15, 0.2) is 34.6 Å². The topological polar surface area (TPSA) is 63.2 Å². The molecule has 94 valence electrons. The van der Waals surface area contributed by atoms with Gasteiger partial charge in [-0.2, -0.15) is 0 Å². The van der Waals surface area contributed by atoms with E-state index in [1.165, 1.54) is 0 Å². The third-order valence-corrected chi connectivity index (χ3v) is 4.15. The van der Waals surface area contributed by atoms with Crippen LogP contribution in [-0.2, 0) is 0 Å². The SMILES string of the molecule is CC1CC2CCC=C3C=C([N+](=O)[O-])C(=C32)C[N+]1=O. The number of rotatable bonds is 1. The maximum atomic E-state index is 11.9. The lowest BCUT2D eigenvalue weighted by molar-refractivity contribution is -0.577. The van der Waals surface area contributed by atoms with Gasteiger partial charge >= 0.3 is 0 Å². The first-order valence-electron chi connectivity index (χ1n) is 6.31. The van der Waals surface area contributed by atoms with Gasteiger partial charge in [0.05, 0.1) is 4.92 Å². The lowest BCUT2D eigenvalue weighted by Gasteiger charge is -2.21. The number of nitrogens with zero attached hydrogens (tertiary/aromatic N) is 2. The van der Waals surface area contributed by atoms with Crippen molar-refractivity contribution in [1.82, 2.24) is 0 Å². The van der Waals surface area contributed by atoms with E-state index in [0.717, 1.165) is 35.2 Å². The van der Waals surface area contributed by atoms with Gasteiger partial charge in [0.25, 0.3) is 5.70 Å². The van der Waals surface area contributed by atoms with Gasteiger partial charge in [-0.05, 0) is 29.9 Å². The fraction of sp³-hybridized carbons (Fsp3) is 0.538. The van der Waals surface area contributed by atoms with Crippen LogP contribution < -0.4 is 0 Å². The second-order valence-corrected chi connectivity index (χ2v) is 5.27. The van der Waals surface area contributed by atoms with Crippen LogP contribution in [0.25, 0.3) is 0 Å². The minimum absolute atomic E-state index is 0.0621. The van der Waals surface area contributed by atoms with Crippen LogP contribution in [-0.4, -0.2) is 22.3 Å². The Morgan fingerprint density at radius 2 is 2.28 bits per heavy atom. The molecule has 0 saturated heterocycles. The molecule has 1 aliphatic heterocycles. The second kappa shape index (κ2) is 3.86. The van der Waals surface area contributed by atoms with Crippen LogP contribution >= 0.6 is 0 Å². The Balaban J connectivity index is 2.13. The van der Waals surface area contributed by atoms with Crippen molar-refractivity contribution >= 4 is 0 Å². The first-order valence-corrected chi connectivity index (χ1v) is 6.31. The van der Waals surface area contributed by atoms with E-state index in [2.05, 4.69) is 6.08 Å². The summed E-state index contributed by atoms with van der Waals surface area (Å²) in [5.41, 5.74) is 2.82. The summed E-state index contributed by atoms with van der Waals surface area (Å²) in [4.78, 5) is 22.7. The molecule has 0 amide bonds. The predicted octanol–water partition coefficient (Wildman–Crippen LogP) is 2.36. The Hall–Kier alpha value is -1.78. The van der Waals surface area contributed by atoms with Gasteiger partial charge in [0.2, 0.25) is 6.54 Å². The highest BCUT2D eigenvalue weighted by Gasteiger charge is 2.43. The summed E-state index contributed by atoms with van der Waals surface area (Å²) in [5.74, 6) is 0.308. The van der Waals surface area contributed by atoms with Crippen LogP contribution in [0.3, 0.4) is 0 Å². The molecule has 0 bridgehead atoms. The quantitative estimate of drug-likeness (QED) is 0.406. The van der Waals surface area contributed by atoms with Gasteiger partial charge in [-0.15, -0.1) is 0 Å². The fourth-order valence-electron chi connectivity index (χ4n) is 3.27. The summed E-state index contributed by atoms with van der Waals surface area (Å²) in [6.07, 6.45) is 6.45. The maximum absolute atomic E-state index is 11.9. The molecule has 2 atom stereocenters. The molecule has 18 heavy (non-hydrogen) atoms. The number of hydrogen-bond acceptors (Lipinski definition) is 3. The number of allylic oxidation sites excluding steroid dienone is 4. The molecule has 0 spiro atoms. The van der Waals surface area contributed by atoms with Crippen LogP contribution in [0.2, 0.25) is 0 Å². The zero-order valence-electron chi connectivity index (χ0n) is 10.3. The molecule has 5 nitrogen and oxygen atoms in total. The van der Waals surface area contributed by atoms with E-state index in [1.807, 2.05) is 6.92 Å². The van der Waals surface area contributed by atoms with E-state index in [4.69, 9.17) is 0 Å². The van der Waals surface area contributed by atoms with E-state index in [1.54, 1.807) is 6.08 Å². The summed E-state index contributed by atoms with van der Waals surface area (Å²) in [5, 5.41) is 11.1. The minimum Gasteiger partial charge on any atom is -0.258 e. The Labute approximate surface area is 105 Å². The Morgan fingerprint density at radius 1 is 1.50 bits per heavy atom. The van der Waals surface area contributed by atoms with Crippen molar-refractivity contribution < 1.29 is 9.68 Å². The van der Waals surface area contributed by atoms with Crippen molar-refractivity contribution in [2.75, 3.05) is 6.54 Å². The molecule has 2 unspecified atom stereocenters. The summed E-state index contributed by atoms with van der Waals surface area (Å²) < 4.78 is 0.987. The number of nitroso groups, excluding NO2 is 1. The Kier molecular flexibility index (Phi) is 2.43. The van der Waals surface area contributed by atoms with Gasteiger partial charge < -0.3 is 0 Å². The molecule has 0 aromatic heterocycles. The maximum Gasteiger partial charge on any atom is 0.280 e. The lowest BCUT2D eigenvalue weighted by Crippen LogP contribution is -2.23. The highest BCUT2D eigenvalue weighted by Crippen LogP contribution is 2.44. The molecule has 1 heterocycles. The lowest BCUT2D eigenvalue weighted by atomic mass is 9.81. The molecule has 0 N–H and O–H groups in total. The second-order valence-electron chi connectivity index (χ2n) is 5.27. The summed E-state index contributed by atoms with van der Waals surface area (Å²) in [7, 11) is 0. The monoisotopic (exact) mass is 247 g/mol. The van der Waals surface area contributed by atoms with E-state index >= 15 is 0 Å². The minimum atomic E-state index is -0.359. The largest absolute Gasteiger partial charge is 0.280 e. The Morgan fingerprint density at radius 3 is 3.00 bits per heavy atom. The van der Waals surface area contributed by atoms with Gasteiger partial charge in [0.1, 0.15) is 5.57 Å². The smallest absolute Gasteiger partial charge is 0.258 e. The van der Waals surface area contributed by atoms with Gasteiger partial charge in [-0.1, -0.05) is 6.08 Å².